The Labute approximate surface area is 118 Å². The lowest BCUT2D eigenvalue weighted by Gasteiger charge is -2.12. The highest BCUT2D eigenvalue weighted by molar-refractivity contribution is 7.09. The van der Waals surface area contributed by atoms with Gasteiger partial charge in [-0.05, 0) is 0 Å². The quantitative estimate of drug-likeness (QED) is 0.945. The fourth-order valence-corrected chi connectivity index (χ4v) is 2.18. The summed E-state index contributed by atoms with van der Waals surface area (Å²) in [6, 6.07) is 0. The highest BCUT2D eigenvalue weighted by Crippen LogP contribution is 2.25. The molecule has 0 aliphatic carbocycles. The van der Waals surface area contributed by atoms with E-state index in [4.69, 9.17) is 0 Å². The van der Waals surface area contributed by atoms with Gasteiger partial charge in [-0.15, -0.1) is 0 Å². The highest BCUT2D eigenvalue weighted by atomic mass is 32.1. The van der Waals surface area contributed by atoms with Crippen LogP contribution in [0.15, 0.2) is 12.4 Å². The largest absolute Gasteiger partial charge is 0.408 e. The standard InChI is InChI=1S/C11H14F3N5S/c1-10(2,3)8-17-9(20-18-8)16-7-4-15-19(5-7)6-11(12,13)14/h4-5H,6H2,1-3H3,(H,16,17,18). The Bertz CT molecular complexity index is 581. The normalized spacial score (nSPS) is 12.7. The fourth-order valence-electron chi connectivity index (χ4n) is 1.40. The number of alkyl halides is 3. The summed E-state index contributed by atoms with van der Waals surface area (Å²) < 4.78 is 41.7. The van der Waals surface area contributed by atoms with Gasteiger partial charge in [0.25, 0.3) is 0 Å². The summed E-state index contributed by atoms with van der Waals surface area (Å²) >= 11 is 1.16. The van der Waals surface area contributed by atoms with E-state index in [1.807, 2.05) is 20.8 Å². The van der Waals surface area contributed by atoms with Crippen molar-refractivity contribution in [3.63, 3.8) is 0 Å². The smallest absolute Gasteiger partial charge is 0.328 e. The number of hydrogen-bond acceptors (Lipinski definition) is 5. The van der Waals surface area contributed by atoms with Crippen LogP contribution in [0.25, 0.3) is 0 Å². The molecular formula is C11H14F3N5S. The molecule has 0 aliphatic rings. The van der Waals surface area contributed by atoms with Crippen molar-refractivity contribution >= 4 is 22.4 Å². The second-order valence-electron chi connectivity index (χ2n) is 5.34. The van der Waals surface area contributed by atoms with Crippen molar-refractivity contribution in [3.8, 4) is 0 Å². The Morgan fingerprint density at radius 2 is 2.00 bits per heavy atom. The van der Waals surface area contributed by atoms with Crippen LogP contribution in [0.3, 0.4) is 0 Å². The Morgan fingerprint density at radius 1 is 1.30 bits per heavy atom. The van der Waals surface area contributed by atoms with Crippen LogP contribution in [0.4, 0.5) is 24.0 Å². The van der Waals surface area contributed by atoms with Gasteiger partial charge in [-0.1, -0.05) is 20.8 Å². The third-order valence-corrected chi connectivity index (χ3v) is 2.95. The lowest BCUT2D eigenvalue weighted by molar-refractivity contribution is -0.142. The monoisotopic (exact) mass is 305 g/mol. The van der Waals surface area contributed by atoms with Crippen LogP contribution in [0.2, 0.25) is 0 Å². The third kappa shape index (κ3) is 3.92. The summed E-state index contributed by atoms with van der Waals surface area (Å²) in [5.41, 5.74) is 0.280. The number of anilines is 2. The minimum Gasteiger partial charge on any atom is -0.328 e. The molecule has 0 bridgehead atoms. The zero-order chi connectivity index (χ0) is 15.0. The maximum Gasteiger partial charge on any atom is 0.408 e. The molecule has 2 aromatic rings. The molecule has 20 heavy (non-hydrogen) atoms. The van der Waals surface area contributed by atoms with Gasteiger partial charge in [0.2, 0.25) is 5.13 Å². The fraction of sp³-hybridized carbons (Fsp3) is 0.545. The van der Waals surface area contributed by atoms with E-state index in [2.05, 4.69) is 19.8 Å². The topological polar surface area (TPSA) is 55.6 Å². The first kappa shape index (κ1) is 14.8. The molecule has 0 unspecified atom stereocenters. The van der Waals surface area contributed by atoms with Gasteiger partial charge in [-0.3, -0.25) is 4.68 Å². The number of nitrogens with zero attached hydrogens (tertiary/aromatic N) is 4. The molecule has 0 aliphatic heterocycles. The summed E-state index contributed by atoms with van der Waals surface area (Å²) in [5, 5.41) is 7.07. The lowest BCUT2D eigenvalue weighted by Crippen LogP contribution is -2.17. The first-order valence-electron chi connectivity index (χ1n) is 5.84. The molecule has 0 aromatic carbocycles. The lowest BCUT2D eigenvalue weighted by atomic mass is 9.96. The molecule has 0 atom stereocenters. The number of halogens is 3. The Morgan fingerprint density at radius 3 is 2.55 bits per heavy atom. The van der Waals surface area contributed by atoms with Gasteiger partial charge in [0.05, 0.1) is 11.9 Å². The van der Waals surface area contributed by atoms with Crippen LogP contribution < -0.4 is 5.32 Å². The molecule has 0 spiro atoms. The van der Waals surface area contributed by atoms with Crippen LogP contribution in [-0.4, -0.2) is 25.3 Å². The Hall–Kier alpha value is -1.64. The number of aromatic nitrogens is 4. The molecule has 2 heterocycles. The summed E-state index contributed by atoms with van der Waals surface area (Å²) in [6.45, 7) is 4.85. The highest BCUT2D eigenvalue weighted by Gasteiger charge is 2.28. The van der Waals surface area contributed by atoms with Gasteiger partial charge in [0.1, 0.15) is 12.4 Å². The van der Waals surface area contributed by atoms with Crippen LogP contribution in [0.5, 0.6) is 0 Å². The Balaban J connectivity index is 2.06. The van der Waals surface area contributed by atoms with Gasteiger partial charge in [0, 0.05) is 23.1 Å². The van der Waals surface area contributed by atoms with Crippen molar-refractivity contribution in [2.24, 2.45) is 0 Å². The molecule has 0 saturated carbocycles. The average molecular weight is 305 g/mol. The molecule has 0 amide bonds. The molecule has 5 nitrogen and oxygen atoms in total. The van der Waals surface area contributed by atoms with E-state index in [0.29, 0.717) is 16.6 Å². The SMILES string of the molecule is CC(C)(C)c1nsc(Nc2cnn(CC(F)(F)F)c2)n1. The summed E-state index contributed by atoms with van der Waals surface area (Å²) in [7, 11) is 0. The minimum atomic E-state index is -4.29. The second-order valence-corrected chi connectivity index (χ2v) is 6.09. The number of rotatable bonds is 3. The summed E-state index contributed by atoms with van der Waals surface area (Å²) in [6.07, 6.45) is -1.68. The van der Waals surface area contributed by atoms with E-state index in [-0.39, 0.29) is 5.41 Å². The van der Waals surface area contributed by atoms with Crippen molar-refractivity contribution in [3.05, 3.63) is 18.2 Å². The van der Waals surface area contributed by atoms with Crippen molar-refractivity contribution in [1.82, 2.24) is 19.1 Å². The molecule has 1 N–H and O–H groups in total. The maximum atomic E-state index is 12.2. The predicted molar refractivity (Wildman–Crippen MR) is 70.2 cm³/mol. The van der Waals surface area contributed by atoms with Crippen molar-refractivity contribution in [1.29, 1.82) is 0 Å². The van der Waals surface area contributed by atoms with E-state index in [0.717, 1.165) is 16.2 Å². The first-order valence-corrected chi connectivity index (χ1v) is 6.61. The molecule has 2 rings (SSSR count). The molecular weight excluding hydrogens is 291 g/mol. The zero-order valence-corrected chi connectivity index (χ0v) is 12.0. The molecule has 2 aromatic heterocycles. The predicted octanol–water partition coefficient (Wildman–Crippen LogP) is 3.34. The zero-order valence-electron chi connectivity index (χ0n) is 11.2. The van der Waals surface area contributed by atoms with Gasteiger partial charge in [-0.25, -0.2) is 4.98 Å². The van der Waals surface area contributed by atoms with Crippen molar-refractivity contribution in [2.45, 2.75) is 38.9 Å². The van der Waals surface area contributed by atoms with Gasteiger partial charge < -0.3 is 5.32 Å². The van der Waals surface area contributed by atoms with E-state index in [1.165, 1.54) is 12.4 Å². The minimum absolute atomic E-state index is 0.170. The molecule has 0 fully saturated rings. The summed E-state index contributed by atoms with van der Waals surface area (Å²) in [5.74, 6) is 0.688. The van der Waals surface area contributed by atoms with Crippen LogP contribution in [0, 0.1) is 0 Å². The van der Waals surface area contributed by atoms with Crippen LogP contribution in [-0.2, 0) is 12.0 Å². The van der Waals surface area contributed by atoms with Gasteiger partial charge in [-0.2, -0.15) is 22.6 Å². The maximum absolute atomic E-state index is 12.2. The third-order valence-electron chi connectivity index (χ3n) is 2.32. The molecule has 0 radical (unpaired) electrons. The van der Waals surface area contributed by atoms with Crippen LogP contribution in [0.1, 0.15) is 26.6 Å². The molecule has 9 heteroatoms. The van der Waals surface area contributed by atoms with Crippen molar-refractivity contribution in [2.75, 3.05) is 5.32 Å². The molecule has 110 valence electrons. The van der Waals surface area contributed by atoms with Gasteiger partial charge in [0.15, 0.2) is 0 Å². The van der Waals surface area contributed by atoms with Crippen LogP contribution >= 0.6 is 11.5 Å². The van der Waals surface area contributed by atoms with E-state index in [9.17, 15) is 13.2 Å². The van der Waals surface area contributed by atoms with E-state index >= 15 is 0 Å². The first-order chi connectivity index (χ1) is 9.13. The summed E-state index contributed by atoms with van der Waals surface area (Å²) in [4.78, 5) is 4.30. The van der Waals surface area contributed by atoms with E-state index in [1.54, 1.807) is 0 Å². The Kier molecular flexibility index (Phi) is 3.72. The average Bonchev–Trinajstić information content (AvgIpc) is 2.85. The number of hydrogen-bond donors (Lipinski definition) is 1. The van der Waals surface area contributed by atoms with Crippen molar-refractivity contribution < 1.29 is 13.2 Å². The van der Waals surface area contributed by atoms with Gasteiger partial charge >= 0.3 is 6.18 Å². The second kappa shape index (κ2) is 5.04. The van der Waals surface area contributed by atoms with E-state index < -0.39 is 12.7 Å². The molecule has 0 saturated heterocycles. The number of nitrogens with one attached hydrogen (secondary N) is 1.